The molecule has 0 aromatic carbocycles. The molecule has 1 amide bonds. The number of nitrogens with two attached hydrogens (primary N) is 1. The minimum atomic E-state index is -0.276. The minimum Gasteiger partial charge on any atom is -0.466 e. The summed E-state index contributed by atoms with van der Waals surface area (Å²) in [5, 5.41) is 3.03. The van der Waals surface area contributed by atoms with E-state index >= 15 is 0 Å². The normalized spacial score (nSPS) is 28.0. The molecule has 0 saturated heterocycles. The van der Waals surface area contributed by atoms with E-state index in [2.05, 4.69) is 19.2 Å². The zero-order valence-electron chi connectivity index (χ0n) is 17.1. The molecule has 3 N–H and O–H groups in total. The van der Waals surface area contributed by atoms with E-state index in [1.54, 1.807) is 0 Å². The molecule has 2 unspecified atom stereocenters. The molecule has 27 heavy (non-hydrogen) atoms. The first-order valence-corrected chi connectivity index (χ1v) is 9.74. The Bertz CT molecular complexity index is 446. The third-order valence-electron chi connectivity index (χ3n) is 5.14. The summed E-state index contributed by atoms with van der Waals surface area (Å²) in [6.07, 6.45) is 0.585. The monoisotopic (exact) mass is 388 g/mol. The minimum absolute atomic E-state index is 0.0700. The lowest BCUT2D eigenvalue weighted by atomic mass is 9.70. The zero-order valence-corrected chi connectivity index (χ0v) is 17.1. The van der Waals surface area contributed by atoms with Crippen molar-refractivity contribution in [3.63, 3.8) is 0 Å². The molecule has 0 radical (unpaired) electrons. The predicted octanol–water partition coefficient (Wildman–Crippen LogP) is 0.723. The van der Waals surface area contributed by atoms with Gasteiger partial charge in [-0.1, -0.05) is 13.8 Å². The lowest BCUT2D eigenvalue weighted by molar-refractivity contribution is -0.145. The summed E-state index contributed by atoms with van der Waals surface area (Å²) < 4.78 is 22.0. The van der Waals surface area contributed by atoms with Crippen LogP contribution in [0.3, 0.4) is 0 Å². The van der Waals surface area contributed by atoms with Crippen LogP contribution in [0.4, 0.5) is 0 Å². The van der Waals surface area contributed by atoms with Crippen LogP contribution in [0.5, 0.6) is 0 Å². The van der Waals surface area contributed by atoms with Crippen LogP contribution in [0.1, 0.15) is 34.1 Å². The molecular formula is C19H36N2O6. The van der Waals surface area contributed by atoms with E-state index in [-0.39, 0.29) is 35.9 Å². The Hall–Kier alpha value is -1.22. The van der Waals surface area contributed by atoms with Crippen molar-refractivity contribution in [3.05, 3.63) is 0 Å². The smallest absolute Gasteiger partial charge is 0.302 e. The molecule has 0 heterocycles. The summed E-state index contributed by atoms with van der Waals surface area (Å²) in [6.45, 7) is 10.5. The molecule has 158 valence electrons. The number of carbonyl (C=O) groups excluding carboxylic acids is 2. The third-order valence-corrected chi connectivity index (χ3v) is 5.14. The van der Waals surface area contributed by atoms with Gasteiger partial charge in [0.05, 0.1) is 51.8 Å². The molecule has 0 bridgehead atoms. The van der Waals surface area contributed by atoms with Crippen LogP contribution in [0, 0.1) is 17.8 Å². The SMILES string of the molecule is CC(=O)NC1[C@@H](C)[C@@H](C)C(COC(C)=O)C[C@H]1OCCOCCOCCN. The highest BCUT2D eigenvalue weighted by Gasteiger charge is 2.41. The van der Waals surface area contributed by atoms with Crippen molar-refractivity contribution in [3.8, 4) is 0 Å². The van der Waals surface area contributed by atoms with Crippen LogP contribution in [-0.4, -0.2) is 70.2 Å². The van der Waals surface area contributed by atoms with E-state index in [0.717, 1.165) is 6.42 Å². The summed E-state index contributed by atoms with van der Waals surface area (Å²) in [6, 6.07) is -0.0704. The van der Waals surface area contributed by atoms with Gasteiger partial charge in [0.2, 0.25) is 5.91 Å². The molecule has 8 heteroatoms. The maximum atomic E-state index is 11.6. The second kappa shape index (κ2) is 13.0. The standard InChI is InChI=1S/C19H36N2O6/c1-13-14(2)19(21-15(3)22)18(11-17(13)12-27-16(4)23)26-10-9-25-8-7-24-6-5-20/h13-14,17-19H,5-12,20H2,1-4H3,(H,21,22)/t13-,14+,17?,18-,19?/m1/s1. The van der Waals surface area contributed by atoms with Gasteiger partial charge in [0.25, 0.3) is 0 Å². The van der Waals surface area contributed by atoms with Gasteiger partial charge >= 0.3 is 5.97 Å². The average molecular weight is 389 g/mol. The number of ether oxygens (including phenoxy) is 4. The second-order valence-electron chi connectivity index (χ2n) is 7.17. The Morgan fingerprint density at radius 2 is 1.63 bits per heavy atom. The fourth-order valence-electron chi connectivity index (χ4n) is 3.49. The maximum absolute atomic E-state index is 11.6. The molecule has 1 fully saturated rings. The van der Waals surface area contributed by atoms with Gasteiger partial charge in [-0.2, -0.15) is 0 Å². The van der Waals surface area contributed by atoms with Crippen LogP contribution >= 0.6 is 0 Å². The van der Waals surface area contributed by atoms with E-state index in [1.165, 1.54) is 13.8 Å². The Balaban J connectivity index is 2.51. The number of hydrogen-bond donors (Lipinski definition) is 2. The first-order valence-electron chi connectivity index (χ1n) is 9.74. The molecule has 1 saturated carbocycles. The average Bonchev–Trinajstić information content (AvgIpc) is 2.61. The number of rotatable bonds is 12. The van der Waals surface area contributed by atoms with Crippen molar-refractivity contribution >= 4 is 11.9 Å². The van der Waals surface area contributed by atoms with Crippen molar-refractivity contribution in [2.24, 2.45) is 23.5 Å². The molecule has 0 spiro atoms. The Labute approximate surface area is 162 Å². The summed E-state index contributed by atoms with van der Waals surface area (Å²) >= 11 is 0. The number of hydrogen-bond acceptors (Lipinski definition) is 7. The highest BCUT2D eigenvalue weighted by Crippen LogP contribution is 2.36. The lowest BCUT2D eigenvalue weighted by Crippen LogP contribution is -2.55. The van der Waals surface area contributed by atoms with Gasteiger partial charge in [-0.3, -0.25) is 9.59 Å². The first kappa shape index (κ1) is 23.8. The molecule has 5 atom stereocenters. The Morgan fingerprint density at radius 1 is 1.00 bits per heavy atom. The predicted molar refractivity (Wildman–Crippen MR) is 101 cm³/mol. The maximum Gasteiger partial charge on any atom is 0.302 e. The molecule has 8 nitrogen and oxygen atoms in total. The number of esters is 1. The van der Waals surface area contributed by atoms with Gasteiger partial charge in [-0.15, -0.1) is 0 Å². The topological polar surface area (TPSA) is 109 Å². The fourth-order valence-corrected chi connectivity index (χ4v) is 3.49. The van der Waals surface area contributed by atoms with Crippen molar-refractivity contribution in [1.82, 2.24) is 5.32 Å². The molecule has 1 rings (SSSR count). The van der Waals surface area contributed by atoms with Crippen LogP contribution in [0.25, 0.3) is 0 Å². The van der Waals surface area contributed by atoms with Gasteiger partial charge in [0.1, 0.15) is 0 Å². The van der Waals surface area contributed by atoms with E-state index in [9.17, 15) is 9.59 Å². The van der Waals surface area contributed by atoms with Gasteiger partial charge < -0.3 is 30.0 Å². The van der Waals surface area contributed by atoms with Gasteiger partial charge in [0, 0.05) is 20.4 Å². The molecule has 0 aromatic heterocycles. The Morgan fingerprint density at radius 3 is 2.22 bits per heavy atom. The number of amides is 1. The van der Waals surface area contributed by atoms with Gasteiger partial charge in [-0.25, -0.2) is 0 Å². The Kier molecular flexibility index (Phi) is 11.5. The lowest BCUT2D eigenvalue weighted by Gasteiger charge is -2.44. The van der Waals surface area contributed by atoms with Crippen LogP contribution < -0.4 is 11.1 Å². The fraction of sp³-hybridized carbons (Fsp3) is 0.895. The summed E-state index contributed by atoms with van der Waals surface area (Å²) in [5.41, 5.74) is 5.35. The van der Waals surface area contributed by atoms with Crippen molar-refractivity contribution in [2.75, 3.05) is 46.2 Å². The quantitative estimate of drug-likeness (QED) is 0.374. The summed E-state index contributed by atoms with van der Waals surface area (Å²) in [5.74, 6) is 0.362. The summed E-state index contributed by atoms with van der Waals surface area (Å²) in [4.78, 5) is 22.8. The van der Waals surface area contributed by atoms with Crippen LogP contribution in [0.2, 0.25) is 0 Å². The third kappa shape index (κ3) is 9.01. The largest absolute Gasteiger partial charge is 0.466 e. The van der Waals surface area contributed by atoms with Crippen LogP contribution in [0.15, 0.2) is 0 Å². The molecule has 0 aliphatic heterocycles. The van der Waals surface area contributed by atoms with Crippen LogP contribution in [-0.2, 0) is 28.5 Å². The molecule has 1 aliphatic carbocycles. The molecular weight excluding hydrogens is 352 g/mol. The summed E-state index contributed by atoms with van der Waals surface area (Å²) in [7, 11) is 0. The van der Waals surface area contributed by atoms with E-state index in [0.29, 0.717) is 52.1 Å². The van der Waals surface area contributed by atoms with Gasteiger partial charge in [-0.05, 0) is 24.2 Å². The zero-order chi connectivity index (χ0) is 20.2. The van der Waals surface area contributed by atoms with E-state index in [4.69, 9.17) is 24.7 Å². The molecule has 1 aliphatic rings. The van der Waals surface area contributed by atoms with E-state index < -0.39 is 0 Å². The first-order chi connectivity index (χ1) is 12.9. The number of carbonyl (C=O) groups is 2. The van der Waals surface area contributed by atoms with Crippen molar-refractivity contribution in [1.29, 1.82) is 0 Å². The highest BCUT2D eigenvalue weighted by molar-refractivity contribution is 5.73. The van der Waals surface area contributed by atoms with Gasteiger partial charge in [0.15, 0.2) is 0 Å². The number of nitrogens with one attached hydrogen (secondary N) is 1. The van der Waals surface area contributed by atoms with Crippen molar-refractivity contribution < 1.29 is 28.5 Å². The van der Waals surface area contributed by atoms with Crippen molar-refractivity contribution in [2.45, 2.75) is 46.3 Å². The molecule has 0 aromatic rings. The highest BCUT2D eigenvalue weighted by atomic mass is 16.5. The second-order valence-corrected chi connectivity index (χ2v) is 7.17. The van der Waals surface area contributed by atoms with E-state index in [1.807, 2.05) is 0 Å².